The maximum Gasteiger partial charge on any atom is 0.247 e. The molecule has 3 rings (SSSR count). The molecule has 2 aliphatic rings. The van der Waals surface area contributed by atoms with Gasteiger partial charge in [0.1, 0.15) is 12.2 Å². The van der Waals surface area contributed by atoms with Crippen molar-refractivity contribution in [1.82, 2.24) is 10.2 Å². The van der Waals surface area contributed by atoms with Crippen LogP contribution in [0, 0.1) is 9.49 Å². The number of benzene rings is 1. The van der Waals surface area contributed by atoms with Gasteiger partial charge in [-0.05, 0) is 59.2 Å². The van der Waals surface area contributed by atoms with E-state index in [0.29, 0.717) is 26.2 Å². The number of halogens is 1. The fourth-order valence-corrected chi connectivity index (χ4v) is 5.21. The molecule has 200 valence electrons. The van der Waals surface area contributed by atoms with Gasteiger partial charge in [-0.25, -0.2) is 0 Å². The summed E-state index contributed by atoms with van der Waals surface area (Å²) in [6.45, 7) is 0.262. The topological polar surface area (TPSA) is 138 Å². The monoisotopic (exact) mass is 618 g/mol. The average Bonchev–Trinajstić information content (AvgIpc) is 2.84. The molecule has 0 bridgehead atoms. The lowest BCUT2D eigenvalue weighted by atomic mass is 9.82. The maximum absolute atomic E-state index is 13.3. The number of aliphatic hydroxyl groups is 3. The second kappa shape index (κ2) is 13.6. The molecule has 3 atom stereocenters. The highest BCUT2D eigenvalue weighted by Crippen LogP contribution is 2.38. The molecule has 1 aromatic carbocycles. The van der Waals surface area contributed by atoms with Gasteiger partial charge in [0.05, 0.1) is 36.5 Å². The van der Waals surface area contributed by atoms with E-state index in [9.17, 15) is 19.8 Å². The number of nitrogens with zero attached hydrogens (tertiary/aromatic N) is 1. The maximum atomic E-state index is 13.3. The summed E-state index contributed by atoms with van der Waals surface area (Å²) in [6, 6.07) is 2.68. The van der Waals surface area contributed by atoms with Crippen LogP contribution in [0.5, 0.6) is 11.5 Å². The molecule has 0 radical (unpaired) electrons. The number of hydrogen-bond acceptors (Lipinski definition) is 8. The predicted octanol–water partition coefficient (Wildman–Crippen LogP) is 0.983. The quantitative estimate of drug-likeness (QED) is 0.255. The average molecular weight is 618 g/mol. The Bertz CT molecular complexity index is 952. The molecule has 3 unspecified atom stereocenters. The summed E-state index contributed by atoms with van der Waals surface area (Å²) in [5, 5.41) is 32.8. The Labute approximate surface area is 224 Å². The molecule has 36 heavy (non-hydrogen) atoms. The van der Waals surface area contributed by atoms with Crippen LogP contribution < -0.4 is 14.8 Å². The van der Waals surface area contributed by atoms with Crippen LogP contribution in [-0.2, 0) is 20.9 Å². The minimum Gasteiger partial charge on any atom is -0.493 e. The Morgan fingerprint density at radius 1 is 1.22 bits per heavy atom. The van der Waals surface area contributed by atoms with Gasteiger partial charge in [0.15, 0.2) is 11.5 Å². The van der Waals surface area contributed by atoms with E-state index in [2.05, 4.69) is 27.9 Å². The lowest BCUT2D eigenvalue weighted by molar-refractivity contribution is -0.146. The Hall–Kier alpha value is -1.93. The van der Waals surface area contributed by atoms with E-state index in [0.717, 1.165) is 19.3 Å². The van der Waals surface area contributed by atoms with Crippen molar-refractivity contribution in [2.75, 3.05) is 40.5 Å². The van der Waals surface area contributed by atoms with Crippen LogP contribution in [0.1, 0.15) is 31.2 Å². The van der Waals surface area contributed by atoms with E-state index < -0.39 is 24.2 Å². The lowest BCUT2D eigenvalue weighted by Gasteiger charge is -2.42. The number of carbonyl (C=O) groups is 2. The lowest BCUT2D eigenvalue weighted by Crippen LogP contribution is -2.57. The van der Waals surface area contributed by atoms with Crippen LogP contribution >= 0.6 is 22.6 Å². The summed E-state index contributed by atoms with van der Waals surface area (Å²) in [7, 11) is 3.03. The number of rotatable bonds is 12. The zero-order valence-electron chi connectivity index (χ0n) is 20.6. The van der Waals surface area contributed by atoms with E-state index in [1.54, 1.807) is 30.2 Å². The summed E-state index contributed by atoms with van der Waals surface area (Å²) < 4.78 is 17.6. The van der Waals surface area contributed by atoms with Gasteiger partial charge in [0.25, 0.3) is 0 Å². The third-order valence-electron chi connectivity index (χ3n) is 6.61. The second-order valence-electron chi connectivity index (χ2n) is 8.94. The first-order valence-electron chi connectivity index (χ1n) is 12.1. The third-order valence-corrected chi connectivity index (χ3v) is 7.42. The number of nitrogens with one attached hydrogen (secondary N) is 1. The third kappa shape index (κ3) is 6.68. The Balaban J connectivity index is 1.97. The highest BCUT2D eigenvalue weighted by molar-refractivity contribution is 14.1. The van der Waals surface area contributed by atoms with Gasteiger partial charge in [0, 0.05) is 38.1 Å². The summed E-state index contributed by atoms with van der Waals surface area (Å²) in [5.74, 6) is 0.187. The van der Waals surface area contributed by atoms with Crippen LogP contribution in [0.25, 0.3) is 0 Å². The second-order valence-corrected chi connectivity index (χ2v) is 10.1. The molecule has 4 N–H and O–H groups in total. The van der Waals surface area contributed by atoms with Gasteiger partial charge in [-0.15, -0.1) is 0 Å². The number of hydrogen-bond donors (Lipinski definition) is 4. The molecule has 1 aromatic rings. The smallest absolute Gasteiger partial charge is 0.247 e. The van der Waals surface area contributed by atoms with Crippen molar-refractivity contribution in [2.24, 2.45) is 5.92 Å². The highest BCUT2D eigenvalue weighted by atomic mass is 127. The van der Waals surface area contributed by atoms with Gasteiger partial charge >= 0.3 is 0 Å². The molecule has 0 aliphatic heterocycles. The fraction of sp³-hybridized carbons (Fsp3) is 0.600. The molecule has 0 spiro atoms. The molecule has 0 heterocycles. The molecular weight excluding hydrogens is 583 g/mol. The van der Waals surface area contributed by atoms with Gasteiger partial charge in [-0.1, -0.05) is 6.42 Å². The summed E-state index contributed by atoms with van der Waals surface area (Å²) >= 11 is 2.06. The molecule has 1 saturated carbocycles. The Kier molecular flexibility index (Phi) is 10.8. The number of carbonyl (C=O) groups excluding carboxylic acids is 2. The van der Waals surface area contributed by atoms with Crippen molar-refractivity contribution < 1.29 is 39.1 Å². The van der Waals surface area contributed by atoms with Crippen LogP contribution in [0.3, 0.4) is 0 Å². The first kappa shape index (κ1) is 28.6. The molecular formula is C25H35IN2O8. The van der Waals surface area contributed by atoms with Gasteiger partial charge < -0.3 is 39.7 Å². The van der Waals surface area contributed by atoms with E-state index in [4.69, 9.17) is 19.3 Å². The molecule has 10 nitrogen and oxygen atoms in total. The van der Waals surface area contributed by atoms with E-state index >= 15 is 0 Å². The summed E-state index contributed by atoms with van der Waals surface area (Å²) in [4.78, 5) is 27.8. The number of ether oxygens (including phenoxy) is 3. The molecule has 0 aromatic heterocycles. The van der Waals surface area contributed by atoms with E-state index in [1.165, 1.54) is 7.11 Å². The van der Waals surface area contributed by atoms with Crippen molar-refractivity contribution in [3.63, 3.8) is 0 Å². The molecule has 11 heteroatoms. The van der Waals surface area contributed by atoms with Crippen molar-refractivity contribution in [2.45, 2.75) is 50.5 Å². The van der Waals surface area contributed by atoms with Crippen LogP contribution in [-0.4, -0.2) is 90.8 Å². The molecule has 0 saturated heterocycles. The number of methoxy groups -OCH3 is 2. The zero-order chi connectivity index (χ0) is 26.2. The SMILES string of the molecule is COCCN(C(=O)C1CCC1)C1CC(C(=O)NCCO)=CC(Oc2c(I)cc(CO)cc2OC)C1O. The minimum absolute atomic E-state index is 0.0578. The fourth-order valence-electron chi connectivity index (χ4n) is 4.41. The van der Waals surface area contributed by atoms with Crippen molar-refractivity contribution in [3.05, 3.63) is 32.9 Å². The van der Waals surface area contributed by atoms with Crippen molar-refractivity contribution in [3.8, 4) is 11.5 Å². The van der Waals surface area contributed by atoms with Crippen molar-refractivity contribution >= 4 is 34.4 Å². The predicted molar refractivity (Wildman–Crippen MR) is 140 cm³/mol. The zero-order valence-corrected chi connectivity index (χ0v) is 22.8. The van der Waals surface area contributed by atoms with Crippen LogP contribution in [0.2, 0.25) is 0 Å². The van der Waals surface area contributed by atoms with Crippen molar-refractivity contribution in [1.29, 1.82) is 0 Å². The first-order valence-corrected chi connectivity index (χ1v) is 13.1. The molecule has 2 amide bonds. The molecule has 2 aliphatic carbocycles. The standard InChI is InChI=1S/C25H35IN2O8/c1-34-9-7-28(25(33)16-4-3-5-16)19-12-17(24(32)27-6-8-29)13-20(22(19)31)36-23-18(26)10-15(14-30)11-21(23)35-2/h10-11,13,16,19-20,22,29-31H,3-9,12,14H2,1-2H3,(H,27,32). The highest BCUT2D eigenvalue weighted by Gasteiger charge is 2.42. The van der Waals surface area contributed by atoms with Gasteiger partial charge in [0.2, 0.25) is 11.8 Å². The normalized spacial score (nSPS) is 21.8. The minimum atomic E-state index is -1.13. The summed E-state index contributed by atoms with van der Waals surface area (Å²) in [6.07, 6.45) is 2.21. The van der Waals surface area contributed by atoms with E-state index in [1.807, 2.05) is 0 Å². The Morgan fingerprint density at radius 3 is 2.56 bits per heavy atom. The number of amides is 2. The Morgan fingerprint density at radius 2 is 1.97 bits per heavy atom. The van der Waals surface area contributed by atoms with Gasteiger partial charge in [-0.3, -0.25) is 9.59 Å². The largest absolute Gasteiger partial charge is 0.493 e. The van der Waals surface area contributed by atoms with Crippen LogP contribution in [0.15, 0.2) is 23.8 Å². The number of aliphatic hydroxyl groups excluding tert-OH is 3. The first-order chi connectivity index (χ1) is 17.3. The molecule has 1 fully saturated rings. The van der Waals surface area contributed by atoms with Crippen LogP contribution in [0.4, 0.5) is 0 Å². The summed E-state index contributed by atoms with van der Waals surface area (Å²) in [5.41, 5.74) is 0.996. The van der Waals surface area contributed by atoms with E-state index in [-0.39, 0.29) is 51.2 Å². The van der Waals surface area contributed by atoms with Gasteiger partial charge in [-0.2, -0.15) is 0 Å².